The van der Waals surface area contributed by atoms with Crippen molar-refractivity contribution in [3.63, 3.8) is 0 Å². The van der Waals surface area contributed by atoms with Crippen LogP contribution in [0.2, 0.25) is 0 Å². The number of hydrogen-bond donors (Lipinski definition) is 2. The fourth-order valence-corrected chi connectivity index (χ4v) is 13.8. The Morgan fingerprint density at radius 3 is 1.89 bits per heavy atom. The summed E-state index contributed by atoms with van der Waals surface area (Å²) in [6, 6.07) is 0. The number of carboxylic acids is 1. The molecule has 0 aromatic heterocycles. The third-order valence-electron chi connectivity index (χ3n) is 16.7. The maximum Gasteiger partial charge on any atom is 0.331 e. The van der Waals surface area contributed by atoms with Gasteiger partial charge in [-0.15, -0.1) is 0 Å². The molecule has 19 heteroatoms. The van der Waals surface area contributed by atoms with Crippen LogP contribution in [0.15, 0.2) is 34.9 Å². The van der Waals surface area contributed by atoms with Gasteiger partial charge in [-0.1, -0.05) is 45.4 Å². The molecule has 0 aromatic rings. The molecule has 0 spiro atoms. The van der Waals surface area contributed by atoms with Gasteiger partial charge in [0.15, 0.2) is 30.9 Å². The van der Waals surface area contributed by atoms with Gasteiger partial charge in [0.1, 0.15) is 37.6 Å². The maximum atomic E-state index is 13.0. The molecule has 1 saturated heterocycles. The Morgan fingerprint density at radius 2 is 1.31 bits per heavy atom. The lowest BCUT2D eigenvalue weighted by Gasteiger charge is -2.69. The van der Waals surface area contributed by atoms with E-state index in [-0.39, 0.29) is 53.8 Å². The number of carbonyl (C=O) groups is 7. The van der Waals surface area contributed by atoms with Gasteiger partial charge in [0.05, 0.1) is 12.2 Å². The Kier molecular flexibility index (Phi) is 17.9. The zero-order valence-electron chi connectivity index (χ0n) is 43.8. The second-order valence-corrected chi connectivity index (χ2v) is 21.7. The first-order valence-corrected chi connectivity index (χ1v) is 25.2. The number of aliphatic hydroxyl groups excluding tert-OH is 1. The second kappa shape index (κ2) is 22.8. The van der Waals surface area contributed by atoms with E-state index in [2.05, 4.69) is 27.7 Å². The largest absolute Gasteiger partial charge is 0.478 e. The molecule has 5 fully saturated rings. The molecule has 0 aromatic carbocycles. The van der Waals surface area contributed by atoms with Crippen LogP contribution >= 0.6 is 0 Å². The summed E-state index contributed by atoms with van der Waals surface area (Å²) in [5.74, 6) is -5.52. The number of carbonyl (C=O) groups excluding carboxylic acids is 6. The molecule has 72 heavy (non-hydrogen) atoms. The molecule has 19 nitrogen and oxygen atoms in total. The minimum atomic E-state index is -1.53. The van der Waals surface area contributed by atoms with Gasteiger partial charge in [-0.25, -0.2) is 4.79 Å². The van der Waals surface area contributed by atoms with Gasteiger partial charge in [0.2, 0.25) is 0 Å². The van der Waals surface area contributed by atoms with Crippen LogP contribution in [0.25, 0.3) is 0 Å². The molecular weight excluding hydrogens is 941 g/mol. The molecule has 6 aliphatic rings. The smallest absolute Gasteiger partial charge is 0.331 e. The molecular formula is C53H76O19. The zero-order chi connectivity index (χ0) is 53.2. The normalized spacial score (nSPS) is 39.7. The maximum absolute atomic E-state index is 13.0. The highest BCUT2D eigenvalue weighted by Gasteiger charge is 2.71. The van der Waals surface area contributed by atoms with E-state index in [1.54, 1.807) is 12.2 Å². The summed E-state index contributed by atoms with van der Waals surface area (Å²) in [4.78, 5) is 86.9. The number of fused-ring (bicyclic) bond motifs is 5. The van der Waals surface area contributed by atoms with Crippen molar-refractivity contribution in [1.29, 1.82) is 0 Å². The van der Waals surface area contributed by atoms with Crippen LogP contribution in [-0.2, 0) is 80.9 Å². The van der Waals surface area contributed by atoms with E-state index in [1.165, 1.54) is 20.8 Å². The number of hydrogen-bond acceptors (Lipinski definition) is 18. The predicted molar refractivity (Wildman–Crippen MR) is 253 cm³/mol. The van der Waals surface area contributed by atoms with Crippen molar-refractivity contribution < 1.29 is 91.1 Å². The molecule has 2 N–H and O–H groups in total. The van der Waals surface area contributed by atoms with E-state index in [0.29, 0.717) is 37.7 Å². The number of allylic oxidation sites excluding steroid dienone is 2. The molecule has 2 heterocycles. The zero-order valence-corrected chi connectivity index (χ0v) is 43.8. The third-order valence-corrected chi connectivity index (χ3v) is 16.7. The van der Waals surface area contributed by atoms with Crippen molar-refractivity contribution in [2.24, 2.45) is 39.9 Å². The van der Waals surface area contributed by atoms with Gasteiger partial charge in [0.25, 0.3) is 0 Å². The summed E-state index contributed by atoms with van der Waals surface area (Å²) < 4.78 is 59.1. The van der Waals surface area contributed by atoms with Crippen molar-refractivity contribution in [1.82, 2.24) is 0 Å². The van der Waals surface area contributed by atoms with E-state index < -0.39 is 121 Å². The number of ether oxygens (including phenoxy) is 10. The number of esters is 6. The molecule has 0 amide bonds. The number of carboxylic acid groups (broad SMARTS) is 1. The molecule has 18 atom stereocenters. The monoisotopic (exact) mass is 1020 g/mol. The molecule has 2 aliphatic heterocycles. The van der Waals surface area contributed by atoms with Crippen molar-refractivity contribution in [2.75, 3.05) is 13.2 Å². The second-order valence-electron chi connectivity index (χ2n) is 21.7. The summed E-state index contributed by atoms with van der Waals surface area (Å²) in [7, 11) is 0. The number of rotatable bonds is 16. The van der Waals surface area contributed by atoms with Crippen LogP contribution in [0.4, 0.5) is 0 Å². The SMILES string of the molecule is CC(=O)OC[C@H]1O[C@@H](O[C@H]2C=CC(O[C@@H]3CC[C@]4(C)C5[C@H](O)C[C@H]6/C(=C(/CCC=C(C)C)C(=O)O)[C@@H](OC(C)=O)C[C@]6(C)[C@@]5(C)CC[C@H]4[C@@H]3C)O[C@@H]2COC(C)=O)[C@H](OC(C)=O)[C@@H](OC(C)=O)[C@H]1OC(C)=O. The van der Waals surface area contributed by atoms with Crippen molar-refractivity contribution in [2.45, 2.75) is 202 Å². The third kappa shape index (κ3) is 12.0. The van der Waals surface area contributed by atoms with Crippen LogP contribution in [0.3, 0.4) is 0 Å². The minimum absolute atomic E-state index is 0.0110. The summed E-state index contributed by atoms with van der Waals surface area (Å²) in [5.41, 5.74) is 0.713. The van der Waals surface area contributed by atoms with Gasteiger partial charge >= 0.3 is 41.8 Å². The van der Waals surface area contributed by atoms with Crippen LogP contribution in [0.5, 0.6) is 0 Å². The molecule has 4 aliphatic carbocycles. The van der Waals surface area contributed by atoms with E-state index in [1.807, 2.05) is 19.9 Å². The molecule has 0 radical (unpaired) electrons. The first-order chi connectivity index (χ1) is 33.7. The Labute approximate surface area is 421 Å². The van der Waals surface area contributed by atoms with Gasteiger partial charge in [-0.3, -0.25) is 28.8 Å². The van der Waals surface area contributed by atoms with Crippen LogP contribution in [-0.4, -0.2) is 133 Å². The summed E-state index contributed by atoms with van der Waals surface area (Å²) in [5, 5.41) is 23.1. The highest BCUT2D eigenvalue weighted by molar-refractivity contribution is 5.88. The Hall–Kier alpha value is -4.69. The lowest BCUT2D eigenvalue weighted by molar-refractivity contribution is -0.325. The van der Waals surface area contributed by atoms with Gasteiger partial charge < -0.3 is 57.6 Å². The summed E-state index contributed by atoms with van der Waals surface area (Å²) >= 11 is 0. The topological polar surface area (TPSA) is 252 Å². The lowest BCUT2D eigenvalue weighted by Crippen LogP contribution is -2.65. The van der Waals surface area contributed by atoms with Gasteiger partial charge in [-0.05, 0) is 117 Å². The van der Waals surface area contributed by atoms with E-state index in [0.717, 1.165) is 39.2 Å². The van der Waals surface area contributed by atoms with Crippen LogP contribution < -0.4 is 0 Å². The van der Waals surface area contributed by atoms with Crippen LogP contribution in [0.1, 0.15) is 134 Å². The standard InChI is InChI=1S/C53H76O19/c1-26(2)14-13-15-34(49(61)62)44-36-22-37(60)48-51(10)20-19-38(27(3)35(51)18-21-52(48,11)53(36,12)23-40(44)65-30(6)56)69-43-17-16-39(41(70-43)24-63-28(4)54)71-50-47(68-33(9)59)46(67-32(8)58)45(66-31(7)57)42(72-50)25-64-29(5)55/h14,16-17,27,35-43,45-48,50,60H,13,15,18-25H2,1-12H3,(H,61,62)/b44-34+/t27-,35-,36-,37+,38+,39-,40-,41+,42+,43?,45-,46-,47+,48?,50+,51-,52-,53-/m0/s1. The minimum Gasteiger partial charge on any atom is -0.478 e. The fraction of sp³-hybridized carbons (Fsp3) is 0.755. The van der Waals surface area contributed by atoms with Crippen LogP contribution in [0, 0.1) is 39.9 Å². The molecule has 0 bridgehead atoms. The molecule has 402 valence electrons. The average molecular weight is 1020 g/mol. The average Bonchev–Trinajstić information content (AvgIpc) is 3.54. The van der Waals surface area contributed by atoms with Crippen molar-refractivity contribution in [3.05, 3.63) is 34.9 Å². The Morgan fingerprint density at radius 1 is 0.708 bits per heavy atom. The van der Waals surface area contributed by atoms with Gasteiger partial charge in [-0.2, -0.15) is 0 Å². The molecule has 6 rings (SSSR count). The first kappa shape index (κ1) is 56.6. The van der Waals surface area contributed by atoms with E-state index in [9.17, 15) is 43.8 Å². The lowest BCUT2D eigenvalue weighted by atomic mass is 9.36. The highest BCUT2D eigenvalue weighted by atomic mass is 16.8. The summed E-state index contributed by atoms with van der Waals surface area (Å²) in [6.45, 7) is 19.2. The highest BCUT2D eigenvalue weighted by Crippen LogP contribution is 2.74. The Bertz CT molecular complexity index is 2160. The van der Waals surface area contributed by atoms with E-state index >= 15 is 0 Å². The molecule has 2 unspecified atom stereocenters. The van der Waals surface area contributed by atoms with Crippen molar-refractivity contribution in [3.8, 4) is 0 Å². The van der Waals surface area contributed by atoms with Crippen molar-refractivity contribution >= 4 is 41.8 Å². The summed E-state index contributed by atoms with van der Waals surface area (Å²) in [6.07, 6.45) is -2.11. The quantitative estimate of drug-likeness (QED) is 0.0778. The number of aliphatic carboxylic acids is 1. The number of aliphatic hydroxyl groups is 1. The van der Waals surface area contributed by atoms with E-state index in [4.69, 9.17) is 47.4 Å². The predicted octanol–water partition coefficient (Wildman–Crippen LogP) is 6.00. The molecule has 4 saturated carbocycles. The first-order valence-electron chi connectivity index (χ1n) is 25.2. The fourth-order valence-electron chi connectivity index (χ4n) is 13.8. The Balaban J connectivity index is 1.24. The van der Waals surface area contributed by atoms with Gasteiger partial charge in [0, 0.05) is 47.1 Å².